The van der Waals surface area contributed by atoms with Crippen LogP contribution in [0, 0.1) is 3.57 Å². The van der Waals surface area contributed by atoms with Crippen molar-refractivity contribution in [2.75, 3.05) is 0 Å². The summed E-state index contributed by atoms with van der Waals surface area (Å²) in [4.78, 5) is 4.43. The van der Waals surface area contributed by atoms with E-state index in [9.17, 15) is 0 Å². The van der Waals surface area contributed by atoms with Crippen LogP contribution in [0.2, 0.25) is 0 Å². The van der Waals surface area contributed by atoms with E-state index < -0.39 is 0 Å². The number of benzene rings is 2. The van der Waals surface area contributed by atoms with Crippen molar-refractivity contribution in [2.45, 2.75) is 0 Å². The third-order valence-electron chi connectivity index (χ3n) is 2.56. The van der Waals surface area contributed by atoms with Crippen molar-refractivity contribution >= 4 is 22.6 Å². The maximum atomic E-state index is 5.32. The molecule has 0 unspecified atom stereocenters. The van der Waals surface area contributed by atoms with E-state index in [2.05, 4.69) is 32.7 Å². The Morgan fingerprint density at radius 1 is 0.889 bits per heavy atom. The molecule has 4 heteroatoms. The lowest BCUT2D eigenvalue weighted by molar-refractivity contribution is 0.432. The van der Waals surface area contributed by atoms with Gasteiger partial charge in [0.05, 0.1) is 5.56 Å². The minimum atomic E-state index is 0.554. The molecule has 88 valence electrons. The summed E-state index contributed by atoms with van der Waals surface area (Å²) in [5.41, 5.74) is 1.92. The lowest BCUT2D eigenvalue weighted by Crippen LogP contribution is -1.83. The monoisotopic (exact) mass is 348 g/mol. The van der Waals surface area contributed by atoms with Crippen LogP contribution >= 0.6 is 22.6 Å². The third kappa shape index (κ3) is 2.15. The molecule has 18 heavy (non-hydrogen) atoms. The van der Waals surface area contributed by atoms with Gasteiger partial charge >= 0.3 is 0 Å². The number of aromatic nitrogens is 2. The average molecular weight is 348 g/mol. The predicted molar refractivity (Wildman–Crippen MR) is 77.9 cm³/mol. The summed E-state index contributed by atoms with van der Waals surface area (Å²) in [6.45, 7) is 0. The van der Waals surface area contributed by atoms with Crippen LogP contribution in [0.25, 0.3) is 22.8 Å². The van der Waals surface area contributed by atoms with Crippen molar-refractivity contribution in [1.29, 1.82) is 0 Å². The van der Waals surface area contributed by atoms with Crippen molar-refractivity contribution < 1.29 is 4.52 Å². The summed E-state index contributed by atoms with van der Waals surface area (Å²) in [5.74, 6) is 1.17. The van der Waals surface area contributed by atoms with Gasteiger partial charge in [-0.25, -0.2) is 0 Å². The summed E-state index contributed by atoms with van der Waals surface area (Å²) < 4.78 is 6.42. The number of halogens is 1. The SMILES string of the molecule is Ic1ccccc1-c1nc(-c2ccccc2)no1. The predicted octanol–water partition coefficient (Wildman–Crippen LogP) is 4.01. The first-order valence-electron chi connectivity index (χ1n) is 5.48. The molecule has 0 fully saturated rings. The fraction of sp³-hybridized carbons (Fsp3) is 0. The smallest absolute Gasteiger partial charge is 0.259 e. The Morgan fingerprint density at radius 3 is 2.39 bits per heavy atom. The minimum Gasteiger partial charge on any atom is -0.334 e. The molecule has 0 aliphatic carbocycles. The van der Waals surface area contributed by atoms with Crippen LogP contribution in [0.15, 0.2) is 59.1 Å². The molecule has 0 amide bonds. The van der Waals surface area contributed by atoms with Crippen LogP contribution in [-0.2, 0) is 0 Å². The maximum absolute atomic E-state index is 5.32. The van der Waals surface area contributed by atoms with Gasteiger partial charge in [-0.1, -0.05) is 47.6 Å². The lowest BCUT2D eigenvalue weighted by Gasteiger charge is -1.96. The van der Waals surface area contributed by atoms with E-state index in [0.29, 0.717) is 11.7 Å². The molecule has 3 aromatic rings. The number of nitrogens with zero attached hydrogens (tertiary/aromatic N) is 2. The summed E-state index contributed by atoms with van der Waals surface area (Å²) in [5, 5.41) is 4.01. The molecule has 0 saturated heterocycles. The molecule has 2 aromatic carbocycles. The van der Waals surface area contributed by atoms with Crippen LogP contribution in [0.1, 0.15) is 0 Å². The normalized spacial score (nSPS) is 10.5. The first-order valence-corrected chi connectivity index (χ1v) is 6.56. The fourth-order valence-corrected chi connectivity index (χ4v) is 2.29. The van der Waals surface area contributed by atoms with E-state index in [1.54, 1.807) is 0 Å². The summed E-state index contributed by atoms with van der Waals surface area (Å²) in [7, 11) is 0. The molecular formula is C14H9IN2O. The van der Waals surface area contributed by atoms with Gasteiger partial charge in [0.15, 0.2) is 0 Å². The van der Waals surface area contributed by atoms with Crippen LogP contribution in [0.4, 0.5) is 0 Å². The topological polar surface area (TPSA) is 38.9 Å². The molecule has 1 aromatic heterocycles. The Morgan fingerprint density at radius 2 is 1.61 bits per heavy atom. The molecule has 0 radical (unpaired) electrons. The number of rotatable bonds is 2. The Labute approximate surface area is 118 Å². The summed E-state index contributed by atoms with van der Waals surface area (Å²) >= 11 is 2.26. The maximum Gasteiger partial charge on any atom is 0.259 e. The zero-order chi connectivity index (χ0) is 12.4. The van der Waals surface area contributed by atoms with Gasteiger partial charge in [0.1, 0.15) is 0 Å². The van der Waals surface area contributed by atoms with E-state index in [4.69, 9.17) is 4.52 Å². The molecule has 3 rings (SSSR count). The molecule has 0 aliphatic rings. The highest BCUT2D eigenvalue weighted by atomic mass is 127. The van der Waals surface area contributed by atoms with Crippen molar-refractivity contribution in [3.8, 4) is 22.8 Å². The van der Waals surface area contributed by atoms with E-state index >= 15 is 0 Å². The van der Waals surface area contributed by atoms with Gasteiger partial charge in [0.25, 0.3) is 5.89 Å². The second kappa shape index (κ2) is 4.89. The van der Waals surface area contributed by atoms with Crippen LogP contribution < -0.4 is 0 Å². The molecule has 0 atom stereocenters. The van der Waals surface area contributed by atoms with Gasteiger partial charge in [-0.05, 0) is 34.7 Å². The second-order valence-electron chi connectivity index (χ2n) is 3.77. The molecule has 3 nitrogen and oxygen atoms in total. The highest BCUT2D eigenvalue weighted by Crippen LogP contribution is 2.25. The van der Waals surface area contributed by atoms with E-state index in [-0.39, 0.29) is 0 Å². The van der Waals surface area contributed by atoms with E-state index in [1.165, 1.54) is 0 Å². The van der Waals surface area contributed by atoms with Gasteiger partial charge < -0.3 is 4.52 Å². The number of hydrogen-bond donors (Lipinski definition) is 0. The van der Waals surface area contributed by atoms with Crippen molar-refractivity contribution in [3.05, 3.63) is 58.2 Å². The van der Waals surface area contributed by atoms with Gasteiger partial charge in [-0.3, -0.25) is 0 Å². The van der Waals surface area contributed by atoms with Gasteiger partial charge in [0.2, 0.25) is 5.82 Å². The van der Waals surface area contributed by atoms with Crippen molar-refractivity contribution in [3.63, 3.8) is 0 Å². The van der Waals surface area contributed by atoms with Crippen LogP contribution in [-0.4, -0.2) is 10.1 Å². The minimum absolute atomic E-state index is 0.554. The molecule has 1 heterocycles. The summed E-state index contributed by atoms with van der Waals surface area (Å²) in [6, 6.07) is 17.7. The van der Waals surface area contributed by atoms with E-state index in [0.717, 1.165) is 14.7 Å². The standard InChI is InChI=1S/C14H9IN2O/c15-12-9-5-4-8-11(12)14-16-13(17-18-14)10-6-2-1-3-7-10/h1-9H. The Bertz CT molecular complexity index is 664. The third-order valence-corrected chi connectivity index (χ3v) is 3.50. The highest BCUT2D eigenvalue weighted by molar-refractivity contribution is 14.1. The van der Waals surface area contributed by atoms with Gasteiger partial charge in [-0.2, -0.15) is 4.98 Å². The quantitative estimate of drug-likeness (QED) is 0.657. The number of hydrogen-bond acceptors (Lipinski definition) is 3. The second-order valence-corrected chi connectivity index (χ2v) is 4.93. The summed E-state index contributed by atoms with van der Waals surface area (Å²) in [6.07, 6.45) is 0. The highest BCUT2D eigenvalue weighted by Gasteiger charge is 2.12. The fourth-order valence-electron chi connectivity index (χ4n) is 1.67. The van der Waals surface area contributed by atoms with Crippen LogP contribution in [0.3, 0.4) is 0 Å². The molecule has 0 aliphatic heterocycles. The molecular weight excluding hydrogens is 339 g/mol. The largest absolute Gasteiger partial charge is 0.334 e. The molecule has 0 spiro atoms. The molecule has 0 bridgehead atoms. The Balaban J connectivity index is 2.03. The van der Waals surface area contributed by atoms with Gasteiger partial charge in [-0.15, -0.1) is 0 Å². The van der Waals surface area contributed by atoms with Crippen LogP contribution in [0.5, 0.6) is 0 Å². The van der Waals surface area contributed by atoms with Gasteiger partial charge in [0, 0.05) is 9.13 Å². The Kier molecular flexibility index (Phi) is 3.10. The zero-order valence-corrected chi connectivity index (χ0v) is 11.5. The van der Waals surface area contributed by atoms with Crippen molar-refractivity contribution in [1.82, 2.24) is 10.1 Å². The average Bonchev–Trinajstić information content (AvgIpc) is 2.90. The first-order chi connectivity index (χ1) is 8.84. The first kappa shape index (κ1) is 11.4. The molecule has 0 N–H and O–H groups in total. The zero-order valence-electron chi connectivity index (χ0n) is 9.38. The lowest BCUT2D eigenvalue weighted by atomic mass is 10.2. The van der Waals surface area contributed by atoms with E-state index in [1.807, 2.05) is 54.6 Å². The molecule has 0 saturated carbocycles. The van der Waals surface area contributed by atoms with Crippen molar-refractivity contribution in [2.24, 2.45) is 0 Å². The Hall–Kier alpha value is -1.69.